The molecule has 124 valence electrons. The van der Waals surface area contributed by atoms with Gasteiger partial charge in [0.15, 0.2) is 0 Å². The second-order valence-corrected chi connectivity index (χ2v) is 4.38. The number of benzene rings is 1. The van der Waals surface area contributed by atoms with Crippen molar-refractivity contribution in [1.29, 1.82) is 0 Å². The Morgan fingerprint density at radius 3 is 2.26 bits per heavy atom. The lowest BCUT2D eigenvalue weighted by Gasteiger charge is -2.03. The number of azo groups is 1. The molecule has 8 heteroatoms. The molecule has 0 aromatic heterocycles. The molecule has 0 heterocycles. The third-order valence-corrected chi connectivity index (χ3v) is 2.77. The van der Waals surface area contributed by atoms with Crippen LogP contribution in [0.15, 0.2) is 46.0 Å². The molecule has 0 aliphatic rings. The number of allylic oxidation sites excluding steroid dienone is 1. The topological polar surface area (TPSA) is 97.6 Å². The average molecular weight is 341 g/mol. The molecule has 0 radical (unpaired) electrons. The maximum atomic E-state index is 11.7. The fourth-order valence-corrected chi connectivity index (χ4v) is 1.59. The van der Waals surface area contributed by atoms with Crippen molar-refractivity contribution in [1.82, 2.24) is 0 Å². The Balaban J connectivity index is 2.93. The fourth-order valence-electron chi connectivity index (χ4n) is 1.47. The van der Waals surface area contributed by atoms with Gasteiger partial charge < -0.3 is 14.6 Å². The number of rotatable bonds is 7. The smallest absolute Gasteiger partial charge is 0.362 e. The van der Waals surface area contributed by atoms with Gasteiger partial charge in [0.25, 0.3) is 0 Å². The summed E-state index contributed by atoms with van der Waals surface area (Å²) < 4.78 is 9.62. The minimum atomic E-state index is -0.822. The largest absolute Gasteiger partial charge is 0.508 e. The second-order valence-electron chi connectivity index (χ2n) is 4.12. The van der Waals surface area contributed by atoms with E-state index >= 15 is 0 Å². The molecule has 1 N–H and O–H groups in total. The van der Waals surface area contributed by atoms with Crippen LogP contribution in [0.4, 0.5) is 5.69 Å². The first-order valence-electron chi connectivity index (χ1n) is 6.87. The average Bonchev–Trinajstić information content (AvgIpc) is 2.55. The van der Waals surface area contributed by atoms with Crippen LogP contribution in [0.3, 0.4) is 0 Å². The first-order chi connectivity index (χ1) is 11.0. The first-order valence-corrected chi connectivity index (χ1v) is 7.41. The summed E-state index contributed by atoms with van der Waals surface area (Å²) in [5.41, 5.74) is 0.383. The highest BCUT2D eigenvalue weighted by Crippen LogP contribution is 2.17. The van der Waals surface area contributed by atoms with Gasteiger partial charge in [-0.15, -0.1) is 16.7 Å². The van der Waals surface area contributed by atoms with Gasteiger partial charge in [-0.05, 0) is 38.1 Å². The minimum Gasteiger partial charge on any atom is -0.508 e. The van der Waals surface area contributed by atoms with E-state index in [1.807, 2.05) is 0 Å². The van der Waals surface area contributed by atoms with E-state index in [-0.39, 0.29) is 24.8 Å². The van der Waals surface area contributed by atoms with Gasteiger partial charge in [0.2, 0.25) is 5.70 Å². The van der Waals surface area contributed by atoms with Crippen molar-refractivity contribution in [3.63, 3.8) is 0 Å². The molecule has 0 fully saturated rings. The standard InChI is InChI=1S/C15H17ClN2O5/c1-3-22-14(20)10-5-7-11(8-6-10)17-18-13(12(19)9-16)15(21)23-4-2/h5-8,19H,3-4,9H2,1-2H3/b13-12-,18-17?. The number of esters is 2. The van der Waals surface area contributed by atoms with E-state index in [0.717, 1.165) is 0 Å². The molecule has 7 nitrogen and oxygen atoms in total. The maximum Gasteiger partial charge on any atom is 0.362 e. The van der Waals surface area contributed by atoms with Crippen LogP contribution < -0.4 is 0 Å². The third kappa shape index (κ3) is 5.71. The number of hydrogen-bond acceptors (Lipinski definition) is 7. The molecular weight excluding hydrogens is 324 g/mol. The highest BCUT2D eigenvalue weighted by atomic mass is 35.5. The minimum absolute atomic E-state index is 0.127. The lowest BCUT2D eigenvalue weighted by atomic mass is 10.2. The summed E-state index contributed by atoms with van der Waals surface area (Å²) in [6.45, 7) is 3.75. The number of ether oxygens (including phenoxy) is 2. The second kappa shape index (κ2) is 9.58. The Hall–Kier alpha value is -2.41. The predicted octanol–water partition coefficient (Wildman–Crippen LogP) is 3.52. The van der Waals surface area contributed by atoms with Crippen molar-refractivity contribution in [2.45, 2.75) is 13.8 Å². The number of alkyl halides is 1. The van der Waals surface area contributed by atoms with Crippen molar-refractivity contribution in [3.8, 4) is 0 Å². The summed E-state index contributed by atoms with van der Waals surface area (Å²) in [5.74, 6) is -1.99. The number of hydrogen-bond donors (Lipinski definition) is 1. The number of carbonyl (C=O) groups is 2. The van der Waals surface area contributed by atoms with Gasteiger partial charge in [0.1, 0.15) is 5.76 Å². The molecule has 0 aliphatic heterocycles. The van der Waals surface area contributed by atoms with E-state index < -0.39 is 17.7 Å². The first kappa shape index (κ1) is 18.6. The molecule has 1 aromatic carbocycles. The Kier molecular flexibility index (Phi) is 7.76. The van der Waals surface area contributed by atoms with Gasteiger partial charge in [0.05, 0.1) is 30.3 Å². The third-order valence-electron chi connectivity index (χ3n) is 2.51. The Bertz CT molecular complexity index is 611. The van der Waals surface area contributed by atoms with Gasteiger partial charge in [-0.1, -0.05) is 0 Å². The lowest BCUT2D eigenvalue weighted by molar-refractivity contribution is -0.138. The zero-order valence-electron chi connectivity index (χ0n) is 12.8. The molecule has 0 saturated carbocycles. The van der Waals surface area contributed by atoms with Crippen molar-refractivity contribution in [2.24, 2.45) is 10.2 Å². The summed E-state index contributed by atoms with van der Waals surface area (Å²) in [7, 11) is 0. The zero-order chi connectivity index (χ0) is 17.2. The van der Waals surface area contributed by atoms with Gasteiger partial charge in [-0.2, -0.15) is 5.11 Å². The molecule has 0 amide bonds. The maximum absolute atomic E-state index is 11.7. The van der Waals surface area contributed by atoms with Gasteiger partial charge >= 0.3 is 11.9 Å². The molecule has 0 unspecified atom stereocenters. The predicted molar refractivity (Wildman–Crippen MR) is 83.9 cm³/mol. The summed E-state index contributed by atoms with van der Waals surface area (Å²) in [6, 6.07) is 6.08. The Morgan fingerprint density at radius 1 is 1.13 bits per heavy atom. The van der Waals surface area contributed by atoms with E-state index in [2.05, 4.69) is 10.2 Å². The van der Waals surface area contributed by atoms with E-state index in [4.69, 9.17) is 21.1 Å². The van der Waals surface area contributed by atoms with Crippen LogP contribution in [0.5, 0.6) is 0 Å². The van der Waals surface area contributed by atoms with Crippen LogP contribution in [0, 0.1) is 0 Å². The van der Waals surface area contributed by atoms with Crippen LogP contribution in [-0.4, -0.2) is 36.1 Å². The molecule has 1 aromatic rings. The van der Waals surface area contributed by atoms with Crippen LogP contribution >= 0.6 is 11.6 Å². The van der Waals surface area contributed by atoms with Crippen LogP contribution in [0.1, 0.15) is 24.2 Å². The van der Waals surface area contributed by atoms with E-state index in [1.165, 1.54) is 24.3 Å². The number of aliphatic hydroxyl groups excluding tert-OH is 1. The number of aliphatic hydroxyl groups is 1. The normalized spacial score (nSPS) is 12.0. The lowest BCUT2D eigenvalue weighted by Crippen LogP contribution is -2.09. The monoisotopic (exact) mass is 340 g/mol. The summed E-state index contributed by atoms with van der Waals surface area (Å²) in [4.78, 5) is 23.2. The van der Waals surface area contributed by atoms with Crippen LogP contribution in [-0.2, 0) is 14.3 Å². The molecule has 23 heavy (non-hydrogen) atoms. The van der Waals surface area contributed by atoms with Gasteiger partial charge in [-0.3, -0.25) is 0 Å². The molecule has 0 aliphatic carbocycles. The molecule has 0 spiro atoms. The highest BCUT2D eigenvalue weighted by molar-refractivity contribution is 6.19. The molecule has 0 atom stereocenters. The number of halogens is 1. The fraction of sp³-hybridized carbons (Fsp3) is 0.333. The summed E-state index contributed by atoms with van der Waals surface area (Å²) >= 11 is 5.49. The van der Waals surface area contributed by atoms with Gasteiger partial charge in [-0.25, -0.2) is 9.59 Å². The van der Waals surface area contributed by atoms with Crippen molar-refractivity contribution < 1.29 is 24.2 Å². The van der Waals surface area contributed by atoms with E-state index in [1.54, 1.807) is 13.8 Å². The quantitative estimate of drug-likeness (QED) is 0.269. The van der Waals surface area contributed by atoms with Crippen LogP contribution in [0.2, 0.25) is 0 Å². The number of nitrogens with zero attached hydrogens (tertiary/aromatic N) is 2. The van der Waals surface area contributed by atoms with Crippen LogP contribution in [0.25, 0.3) is 0 Å². The Morgan fingerprint density at radius 2 is 1.74 bits per heavy atom. The number of carbonyl (C=O) groups excluding carboxylic acids is 2. The van der Waals surface area contributed by atoms with E-state index in [0.29, 0.717) is 11.3 Å². The molecule has 0 bridgehead atoms. The molecule has 1 rings (SSSR count). The molecular formula is C15H17ClN2O5. The zero-order valence-corrected chi connectivity index (χ0v) is 13.5. The van der Waals surface area contributed by atoms with Gasteiger partial charge in [0, 0.05) is 0 Å². The van der Waals surface area contributed by atoms with E-state index in [9.17, 15) is 14.7 Å². The highest BCUT2D eigenvalue weighted by Gasteiger charge is 2.16. The summed E-state index contributed by atoms with van der Waals surface area (Å²) in [5, 5.41) is 17.1. The Labute approximate surface area is 138 Å². The van der Waals surface area contributed by atoms with Crippen molar-refractivity contribution >= 4 is 29.2 Å². The summed E-state index contributed by atoms with van der Waals surface area (Å²) in [6.07, 6.45) is 0. The molecule has 0 saturated heterocycles. The van der Waals surface area contributed by atoms with Crippen molar-refractivity contribution in [3.05, 3.63) is 41.3 Å². The SMILES string of the molecule is CCOC(=O)/C(N=Nc1ccc(C(=O)OCC)cc1)=C(/O)CCl. The van der Waals surface area contributed by atoms with Crippen molar-refractivity contribution in [2.75, 3.05) is 19.1 Å².